The maximum Gasteiger partial charge on any atom is 0.481 e. The summed E-state index contributed by atoms with van der Waals surface area (Å²) in [5.41, 5.74) is 4.26. The Labute approximate surface area is 371 Å². The number of aliphatic hydroxyl groups is 3. The van der Waals surface area contributed by atoms with Gasteiger partial charge in [-0.25, -0.2) is 28.6 Å². The molecule has 360 valence electrons. The number of phosphoric ester groups is 3. The number of anilines is 1. The molecule has 1 fully saturated rings. The summed E-state index contributed by atoms with van der Waals surface area (Å²) >= 11 is 2.85. The maximum atomic E-state index is 12.7. The number of carbonyl (C=O) groups is 3. The summed E-state index contributed by atoms with van der Waals surface area (Å²) in [7, 11) is -16.4. The number of nitrogens with one attached hydrogen (secondary N) is 2. The summed E-state index contributed by atoms with van der Waals surface area (Å²) in [6.07, 6.45) is -0.459. The lowest BCUT2D eigenvalue weighted by Crippen LogP contribution is -2.46. The molecule has 2 aromatic rings. The number of phosphoric acid groups is 3. The average Bonchev–Trinajstić information content (AvgIpc) is 3.76. The van der Waals surface area contributed by atoms with Crippen LogP contribution in [-0.4, -0.2) is 145 Å². The fraction of sp³-hybridized carbons (Fsp3) is 0.758. The van der Waals surface area contributed by atoms with Crippen LogP contribution in [0.2, 0.25) is 0 Å². The third-order valence-electron chi connectivity index (χ3n) is 9.25. The van der Waals surface area contributed by atoms with Crippen LogP contribution >= 0.6 is 47.0 Å². The zero-order valence-corrected chi connectivity index (χ0v) is 39.2. The van der Waals surface area contributed by atoms with Crippen molar-refractivity contribution in [2.24, 2.45) is 5.41 Å². The van der Waals surface area contributed by atoms with Gasteiger partial charge in [-0.05, 0) is 19.3 Å². The number of aromatic nitrogens is 4. The number of hydrogen-bond donors (Lipinski definition) is 10. The monoisotopic (exact) mass is 997 g/mol. The molecule has 0 bridgehead atoms. The number of carbonyl (C=O) groups excluding carboxylic acids is 3. The van der Waals surface area contributed by atoms with Crippen LogP contribution in [0, 0.1) is 5.41 Å². The summed E-state index contributed by atoms with van der Waals surface area (Å²) in [5.74, 6) is -0.432. The highest BCUT2D eigenvalue weighted by atomic mass is 32.2. The minimum atomic E-state index is -5.58. The molecule has 1 aliphatic rings. The van der Waals surface area contributed by atoms with Crippen molar-refractivity contribution in [1.82, 2.24) is 30.2 Å². The molecule has 8 atom stereocenters. The molecule has 11 N–H and O–H groups in total. The Bertz CT molecular complexity index is 1950. The summed E-state index contributed by atoms with van der Waals surface area (Å²) in [6.45, 7) is 2.75. The van der Waals surface area contributed by atoms with E-state index in [-0.39, 0.29) is 48.2 Å². The van der Waals surface area contributed by atoms with Crippen molar-refractivity contribution in [3.8, 4) is 0 Å². The molecule has 0 radical (unpaired) electrons. The predicted octanol–water partition coefficient (Wildman–Crippen LogP) is 1.51. The van der Waals surface area contributed by atoms with Crippen molar-refractivity contribution in [3.63, 3.8) is 0 Å². The first-order chi connectivity index (χ1) is 29.5. The molecule has 0 saturated carbocycles. The summed E-state index contributed by atoms with van der Waals surface area (Å²) in [5, 5.41) is 36.1. The highest BCUT2D eigenvalue weighted by Gasteiger charge is 2.50. The van der Waals surface area contributed by atoms with E-state index in [1.54, 1.807) is 11.8 Å². The van der Waals surface area contributed by atoms with Gasteiger partial charge >= 0.3 is 23.5 Å². The van der Waals surface area contributed by atoms with Gasteiger partial charge in [-0.15, -0.1) is 0 Å². The van der Waals surface area contributed by atoms with Gasteiger partial charge in [0, 0.05) is 48.1 Å². The molecule has 0 aromatic carbocycles. The van der Waals surface area contributed by atoms with Crippen molar-refractivity contribution in [3.05, 3.63) is 12.7 Å². The number of unbranched alkanes of at least 4 members (excludes halogenated alkanes) is 2. The van der Waals surface area contributed by atoms with Crippen molar-refractivity contribution >= 4 is 80.9 Å². The van der Waals surface area contributed by atoms with E-state index < -0.39 is 84.6 Å². The largest absolute Gasteiger partial charge is 0.481 e. The molecule has 2 unspecified atom stereocenters. The van der Waals surface area contributed by atoms with Gasteiger partial charge in [0.05, 0.1) is 26.1 Å². The van der Waals surface area contributed by atoms with Gasteiger partial charge in [0.2, 0.25) is 11.8 Å². The molecule has 63 heavy (non-hydrogen) atoms. The first kappa shape index (κ1) is 55.2. The fourth-order valence-corrected chi connectivity index (χ4v) is 10.6. The van der Waals surface area contributed by atoms with E-state index in [1.165, 1.54) is 13.8 Å². The number of nitrogens with two attached hydrogens (primary N) is 1. The van der Waals surface area contributed by atoms with Crippen molar-refractivity contribution in [2.45, 2.75) is 108 Å². The number of hydrogen-bond acceptors (Lipinski definition) is 20. The molecule has 0 aliphatic carbocycles. The molecule has 3 rings (SSSR count). The second-order valence-corrected chi connectivity index (χ2v) is 21.7. The maximum absolute atomic E-state index is 12.7. The average molecular weight is 998 g/mol. The van der Waals surface area contributed by atoms with Gasteiger partial charge in [-0.3, -0.25) is 32.5 Å². The van der Waals surface area contributed by atoms with E-state index >= 15 is 0 Å². The zero-order chi connectivity index (χ0) is 47.0. The second-order valence-electron chi connectivity index (χ2n) is 14.9. The molecular weight excluding hydrogens is 939 g/mol. The van der Waals surface area contributed by atoms with Gasteiger partial charge in [0.1, 0.15) is 36.3 Å². The number of fused-ring (bicyclic) bond motifs is 1. The van der Waals surface area contributed by atoms with Crippen molar-refractivity contribution < 1.29 is 85.6 Å². The number of rotatable bonds is 30. The molecule has 1 saturated heterocycles. The van der Waals surface area contributed by atoms with Crippen LogP contribution in [0.1, 0.15) is 78.4 Å². The van der Waals surface area contributed by atoms with Crippen LogP contribution in [0.4, 0.5) is 5.82 Å². The van der Waals surface area contributed by atoms with Crippen LogP contribution in [0.25, 0.3) is 11.2 Å². The zero-order valence-electron chi connectivity index (χ0n) is 34.9. The highest BCUT2D eigenvalue weighted by molar-refractivity contribution is 8.13. The quantitative estimate of drug-likeness (QED) is 0.0392. The third-order valence-corrected chi connectivity index (χ3v) is 14.6. The number of ether oxygens (including phenoxy) is 1. The van der Waals surface area contributed by atoms with E-state index in [1.807, 2.05) is 0 Å². The molecule has 2 aromatic heterocycles. The molecular formula is C33H58N7O18P3S2. The van der Waals surface area contributed by atoms with E-state index in [2.05, 4.69) is 41.3 Å². The van der Waals surface area contributed by atoms with Gasteiger partial charge < -0.3 is 56.0 Å². The molecule has 25 nitrogen and oxygen atoms in total. The highest BCUT2D eigenvalue weighted by Crippen LogP contribution is 2.61. The number of aliphatic hydroxyl groups excluding tert-OH is 3. The van der Waals surface area contributed by atoms with Crippen molar-refractivity contribution in [2.75, 3.05) is 50.1 Å². The lowest BCUT2D eigenvalue weighted by molar-refractivity contribution is -0.137. The summed E-state index contributed by atoms with van der Waals surface area (Å²) in [4.78, 5) is 88.3. The molecule has 0 spiro atoms. The Morgan fingerprint density at radius 3 is 2.37 bits per heavy atom. The Balaban J connectivity index is 1.40. The standard InChI is InChI=1S/C33H58N7O18P3S2/c1-4-5-6-8-21(62-16-14-41)9-7-10-24(43)63-15-13-35-23(42)11-12-36-31(46)28(45)33(2,3)18-55-61(52,53)58-60(50,51)54-17-22-27(57-59(47,48)49)26(44)32(56-22)40-20-39-25-29(34)37-19-38-30(25)40/h19-22,26-28,32,41,44-45H,4-18H2,1-3H3,(H,35,42)(H,36,46)(H,50,51)(H,52,53)(H2,34,37,38)(H2,47,48,49)/t21-,22+,26+,27+,28-,32+/m0/s1. The number of nitrogens with zero attached hydrogens (tertiary/aromatic N) is 4. The van der Waals surface area contributed by atoms with E-state index in [9.17, 15) is 57.9 Å². The minimum Gasteiger partial charge on any atom is -0.396 e. The number of imidazole rings is 1. The number of nitrogen functional groups attached to an aromatic ring is 1. The molecule has 30 heteroatoms. The molecule has 2 amide bonds. The van der Waals surface area contributed by atoms with E-state index in [0.29, 0.717) is 23.2 Å². The van der Waals surface area contributed by atoms with Crippen LogP contribution < -0.4 is 16.4 Å². The van der Waals surface area contributed by atoms with Gasteiger partial charge in [0.15, 0.2) is 22.8 Å². The van der Waals surface area contributed by atoms with Crippen LogP contribution in [-0.2, 0) is 50.7 Å². The van der Waals surface area contributed by atoms with Crippen LogP contribution in [0.5, 0.6) is 0 Å². The van der Waals surface area contributed by atoms with Gasteiger partial charge in [0.25, 0.3) is 0 Å². The molecule has 1 aliphatic heterocycles. The predicted molar refractivity (Wildman–Crippen MR) is 228 cm³/mol. The lowest BCUT2D eigenvalue weighted by Gasteiger charge is -2.30. The van der Waals surface area contributed by atoms with Crippen LogP contribution in [0.3, 0.4) is 0 Å². The fourth-order valence-electron chi connectivity index (χ4n) is 5.99. The van der Waals surface area contributed by atoms with Crippen molar-refractivity contribution in [1.29, 1.82) is 0 Å². The van der Waals surface area contributed by atoms with E-state index in [4.69, 9.17) is 24.6 Å². The number of thioether (sulfide) groups is 2. The first-order valence-corrected chi connectivity index (χ1v) is 26.3. The smallest absolute Gasteiger partial charge is 0.396 e. The van der Waals surface area contributed by atoms with Gasteiger partial charge in [-0.2, -0.15) is 16.1 Å². The Morgan fingerprint density at radius 2 is 1.68 bits per heavy atom. The Kier molecular flexibility index (Phi) is 22.5. The summed E-state index contributed by atoms with van der Waals surface area (Å²) < 4.78 is 62.3. The van der Waals surface area contributed by atoms with E-state index in [0.717, 1.165) is 67.5 Å². The second kappa shape index (κ2) is 25.7. The molecule has 3 heterocycles. The number of amides is 2. The topological polar surface area (TPSA) is 384 Å². The summed E-state index contributed by atoms with van der Waals surface area (Å²) in [6, 6.07) is 0. The van der Waals surface area contributed by atoms with Gasteiger partial charge in [-0.1, -0.05) is 51.8 Å². The Hall–Kier alpha value is -2.13. The van der Waals surface area contributed by atoms with Crippen LogP contribution in [0.15, 0.2) is 12.7 Å². The first-order valence-electron chi connectivity index (χ1n) is 19.8. The third kappa shape index (κ3) is 18.9. The SMILES string of the molecule is CCCCC[C@@H](CCCC(=O)SCCNC(=O)CCNC(=O)[C@H](O)C(C)(C)COP(=O)(O)OP(=O)(O)OC[C@H]1O[C@@H](n2cnc3c(N)ncnc32)[C@H](O)[C@@H]1OP(=O)(O)O)SCCO. The lowest BCUT2D eigenvalue weighted by atomic mass is 9.87. The Morgan fingerprint density at radius 1 is 0.984 bits per heavy atom. The normalized spacial score (nSPS) is 21.1. The minimum absolute atomic E-state index is 0.0145.